The Kier molecular flexibility index (Phi) is 6.60. The van der Waals surface area contributed by atoms with Crippen LogP contribution in [0.3, 0.4) is 0 Å². The molecule has 0 aliphatic carbocycles. The molecular formula is C25H30N2O3. The van der Waals surface area contributed by atoms with Crippen LogP contribution < -0.4 is 10.1 Å². The maximum atomic E-state index is 13.7. The van der Waals surface area contributed by atoms with E-state index in [-0.39, 0.29) is 18.2 Å². The van der Waals surface area contributed by atoms with Gasteiger partial charge >= 0.3 is 0 Å². The molecule has 5 nitrogen and oxygen atoms in total. The van der Waals surface area contributed by atoms with E-state index < -0.39 is 0 Å². The quantitative estimate of drug-likeness (QED) is 0.624. The van der Waals surface area contributed by atoms with E-state index in [0.29, 0.717) is 25.1 Å². The number of benzene rings is 2. The maximum Gasteiger partial charge on any atom is 0.263 e. The summed E-state index contributed by atoms with van der Waals surface area (Å²) in [5, 5.41) is 3.77. The second-order valence-electron chi connectivity index (χ2n) is 7.43. The first-order valence-electron chi connectivity index (χ1n) is 10.6. The number of rotatable bonds is 7. The van der Waals surface area contributed by atoms with Crippen molar-refractivity contribution in [1.29, 1.82) is 0 Å². The van der Waals surface area contributed by atoms with Gasteiger partial charge in [0.2, 0.25) is 5.91 Å². The summed E-state index contributed by atoms with van der Waals surface area (Å²) in [5.41, 5.74) is 5.17. The Labute approximate surface area is 178 Å². The van der Waals surface area contributed by atoms with Crippen LogP contribution in [-0.4, -0.2) is 29.5 Å². The Morgan fingerprint density at radius 3 is 2.33 bits per heavy atom. The van der Waals surface area contributed by atoms with Crippen molar-refractivity contribution in [3.05, 3.63) is 64.3 Å². The molecule has 0 unspecified atom stereocenters. The molecule has 2 aromatic carbocycles. The van der Waals surface area contributed by atoms with Crippen molar-refractivity contribution >= 4 is 22.7 Å². The molecule has 0 radical (unpaired) electrons. The summed E-state index contributed by atoms with van der Waals surface area (Å²) in [6, 6.07) is 11.6. The van der Waals surface area contributed by atoms with Crippen LogP contribution >= 0.6 is 0 Å². The van der Waals surface area contributed by atoms with E-state index in [0.717, 1.165) is 39.0 Å². The molecule has 1 N–H and O–H groups in total. The third-order valence-electron chi connectivity index (χ3n) is 5.41. The van der Waals surface area contributed by atoms with Crippen LogP contribution in [0.15, 0.2) is 36.4 Å². The highest BCUT2D eigenvalue weighted by atomic mass is 16.5. The highest BCUT2D eigenvalue weighted by Gasteiger charge is 2.24. The molecule has 0 spiro atoms. The lowest BCUT2D eigenvalue weighted by atomic mass is 10.0. The molecule has 1 aromatic heterocycles. The number of carbonyl (C=O) groups excluding carboxylic acids is 2. The molecule has 5 heteroatoms. The van der Waals surface area contributed by atoms with Gasteiger partial charge in [-0.3, -0.25) is 14.2 Å². The molecule has 0 atom stereocenters. The van der Waals surface area contributed by atoms with E-state index >= 15 is 0 Å². The van der Waals surface area contributed by atoms with Gasteiger partial charge in [0.15, 0.2) is 0 Å². The van der Waals surface area contributed by atoms with Crippen LogP contribution in [0.2, 0.25) is 0 Å². The van der Waals surface area contributed by atoms with Crippen LogP contribution in [0, 0.1) is 13.8 Å². The van der Waals surface area contributed by atoms with Gasteiger partial charge in [-0.2, -0.15) is 0 Å². The lowest BCUT2D eigenvalue weighted by molar-refractivity contribution is -0.120. The van der Waals surface area contributed by atoms with Crippen molar-refractivity contribution in [1.82, 2.24) is 9.88 Å². The Balaban J connectivity index is 2.27. The minimum absolute atomic E-state index is 0.0485. The highest BCUT2D eigenvalue weighted by molar-refractivity contribution is 6.06. The van der Waals surface area contributed by atoms with Gasteiger partial charge in [-0.25, -0.2) is 0 Å². The van der Waals surface area contributed by atoms with Crippen LogP contribution in [-0.2, 0) is 17.6 Å². The summed E-state index contributed by atoms with van der Waals surface area (Å²) in [5.74, 6) is 0.632. The topological polar surface area (TPSA) is 60.3 Å². The van der Waals surface area contributed by atoms with Crippen molar-refractivity contribution in [3.8, 4) is 5.75 Å². The van der Waals surface area contributed by atoms with Gasteiger partial charge in [0.25, 0.3) is 5.91 Å². The number of aromatic nitrogens is 1. The van der Waals surface area contributed by atoms with Gasteiger partial charge in [-0.15, -0.1) is 0 Å². The van der Waals surface area contributed by atoms with E-state index in [1.54, 1.807) is 4.57 Å². The Morgan fingerprint density at radius 1 is 1.03 bits per heavy atom. The smallest absolute Gasteiger partial charge is 0.263 e. The molecule has 0 saturated heterocycles. The summed E-state index contributed by atoms with van der Waals surface area (Å²) < 4.78 is 7.48. The van der Waals surface area contributed by atoms with Crippen molar-refractivity contribution < 1.29 is 14.3 Å². The SMILES string of the molecule is CCNC(=O)Cc1c(CC)n(C(=O)c2c(C)cccc2C)c2ccc(OCC)cc12. The Morgan fingerprint density at radius 2 is 1.73 bits per heavy atom. The third kappa shape index (κ3) is 3.97. The molecule has 0 aliphatic heterocycles. The van der Waals surface area contributed by atoms with E-state index in [2.05, 4.69) is 5.32 Å². The number of ether oxygens (including phenoxy) is 1. The lowest BCUT2D eigenvalue weighted by Gasteiger charge is -2.13. The zero-order valence-electron chi connectivity index (χ0n) is 18.5. The van der Waals surface area contributed by atoms with Crippen LogP contribution in [0.25, 0.3) is 10.9 Å². The van der Waals surface area contributed by atoms with Gasteiger partial charge in [0, 0.05) is 23.2 Å². The summed E-state index contributed by atoms with van der Waals surface area (Å²) in [6.07, 6.45) is 0.875. The zero-order chi connectivity index (χ0) is 21.8. The van der Waals surface area contributed by atoms with Crippen molar-refractivity contribution in [3.63, 3.8) is 0 Å². The number of likely N-dealkylation sites (N-methyl/N-ethyl adjacent to an activating group) is 1. The number of nitrogens with zero attached hydrogens (tertiary/aromatic N) is 1. The third-order valence-corrected chi connectivity index (χ3v) is 5.41. The minimum atomic E-state index is -0.0567. The fourth-order valence-corrected chi connectivity index (χ4v) is 4.13. The average molecular weight is 407 g/mol. The molecule has 0 bridgehead atoms. The fourth-order valence-electron chi connectivity index (χ4n) is 4.13. The second kappa shape index (κ2) is 9.16. The number of nitrogens with one attached hydrogen (secondary N) is 1. The number of aryl methyl sites for hydroxylation is 2. The van der Waals surface area contributed by atoms with Crippen molar-refractivity contribution in [2.45, 2.75) is 47.5 Å². The summed E-state index contributed by atoms with van der Waals surface area (Å²) >= 11 is 0. The number of hydrogen-bond acceptors (Lipinski definition) is 3. The Hall–Kier alpha value is -3.08. The lowest BCUT2D eigenvalue weighted by Crippen LogP contribution is -2.25. The second-order valence-corrected chi connectivity index (χ2v) is 7.43. The predicted molar refractivity (Wildman–Crippen MR) is 121 cm³/mol. The molecular weight excluding hydrogens is 376 g/mol. The van der Waals surface area contributed by atoms with Gasteiger partial charge in [0.05, 0.1) is 18.5 Å². The molecule has 3 aromatic rings. The van der Waals surface area contributed by atoms with Crippen LogP contribution in [0.5, 0.6) is 5.75 Å². The molecule has 158 valence electrons. The molecule has 0 saturated carbocycles. The standard InChI is InChI=1S/C25H30N2O3/c1-6-21-20(15-23(28)26-7-2)19-14-18(30-8-3)12-13-22(19)27(21)25(29)24-16(4)10-9-11-17(24)5/h9-14H,6-8,15H2,1-5H3,(H,26,28). The highest BCUT2D eigenvalue weighted by Crippen LogP contribution is 2.32. The first-order chi connectivity index (χ1) is 14.4. The Bertz CT molecular complexity index is 1080. The number of amides is 1. The van der Waals surface area contributed by atoms with E-state index in [4.69, 9.17) is 4.74 Å². The number of hydrogen-bond donors (Lipinski definition) is 1. The largest absolute Gasteiger partial charge is 0.494 e. The minimum Gasteiger partial charge on any atom is -0.494 e. The summed E-state index contributed by atoms with van der Waals surface area (Å²) in [7, 11) is 0. The van der Waals surface area contributed by atoms with Crippen LogP contribution in [0.1, 0.15) is 53.5 Å². The van der Waals surface area contributed by atoms with E-state index in [1.165, 1.54) is 0 Å². The van der Waals surface area contributed by atoms with Gasteiger partial charge in [-0.05, 0) is 69.0 Å². The van der Waals surface area contributed by atoms with Crippen molar-refractivity contribution in [2.24, 2.45) is 0 Å². The molecule has 1 heterocycles. The number of carbonyl (C=O) groups is 2. The monoisotopic (exact) mass is 406 g/mol. The summed E-state index contributed by atoms with van der Waals surface area (Å²) in [6.45, 7) is 10.9. The fraction of sp³-hybridized carbons (Fsp3) is 0.360. The summed E-state index contributed by atoms with van der Waals surface area (Å²) in [4.78, 5) is 26.2. The first kappa shape index (κ1) is 21.6. The van der Waals surface area contributed by atoms with E-state index in [1.807, 2.05) is 71.0 Å². The van der Waals surface area contributed by atoms with Gasteiger partial charge < -0.3 is 10.1 Å². The zero-order valence-corrected chi connectivity index (χ0v) is 18.5. The molecule has 0 fully saturated rings. The van der Waals surface area contributed by atoms with Gasteiger partial charge in [-0.1, -0.05) is 25.1 Å². The molecule has 1 amide bonds. The van der Waals surface area contributed by atoms with Crippen LogP contribution in [0.4, 0.5) is 0 Å². The first-order valence-corrected chi connectivity index (χ1v) is 10.6. The maximum absolute atomic E-state index is 13.7. The molecule has 3 rings (SSSR count). The average Bonchev–Trinajstić information content (AvgIpc) is 3.01. The molecule has 0 aliphatic rings. The van der Waals surface area contributed by atoms with E-state index in [9.17, 15) is 9.59 Å². The number of fused-ring (bicyclic) bond motifs is 1. The normalized spacial score (nSPS) is 11.0. The van der Waals surface area contributed by atoms with Crippen molar-refractivity contribution in [2.75, 3.05) is 13.2 Å². The van der Waals surface area contributed by atoms with Gasteiger partial charge in [0.1, 0.15) is 5.75 Å². The predicted octanol–water partition coefficient (Wildman–Crippen LogP) is 4.59. The molecule has 30 heavy (non-hydrogen) atoms.